The van der Waals surface area contributed by atoms with Crippen LogP contribution in [0.5, 0.6) is 11.5 Å². The predicted molar refractivity (Wildman–Crippen MR) is 70.9 cm³/mol. The van der Waals surface area contributed by atoms with Gasteiger partial charge in [-0.25, -0.2) is 9.97 Å². The number of halogens is 1. The number of nitrogens with zero attached hydrogens (tertiary/aromatic N) is 2. The molecule has 1 aromatic carbocycles. The molecule has 0 unspecified atom stereocenters. The fourth-order valence-electron chi connectivity index (χ4n) is 1.88. The Morgan fingerprint density at radius 3 is 2.61 bits per heavy atom. The summed E-state index contributed by atoms with van der Waals surface area (Å²) in [5.41, 5.74) is 1.86. The van der Waals surface area contributed by atoms with Crippen LogP contribution in [-0.2, 0) is 0 Å². The van der Waals surface area contributed by atoms with Gasteiger partial charge in [-0.05, 0) is 47.1 Å². The van der Waals surface area contributed by atoms with Crippen LogP contribution in [0.15, 0.2) is 28.9 Å². The first-order chi connectivity index (χ1) is 8.72. The lowest BCUT2D eigenvalue weighted by atomic mass is 10.1. The van der Waals surface area contributed by atoms with Gasteiger partial charge in [0.1, 0.15) is 23.6 Å². The Balaban J connectivity index is 2.06. The van der Waals surface area contributed by atoms with Crippen LogP contribution in [-0.4, -0.2) is 23.2 Å². The summed E-state index contributed by atoms with van der Waals surface area (Å²) in [5, 5.41) is 0. The molecule has 0 aliphatic carbocycles. The smallest absolute Gasteiger partial charge is 0.162 e. The minimum absolute atomic E-state index is 0.586. The van der Waals surface area contributed by atoms with Gasteiger partial charge in [0.15, 0.2) is 11.5 Å². The molecule has 0 atom stereocenters. The van der Waals surface area contributed by atoms with E-state index in [1.54, 1.807) is 0 Å². The Labute approximate surface area is 113 Å². The van der Waals surface area contributed by atoms with E-state index in [0.717, 1.165) is 33.2 Å². The Hall–Kier alpha value is -1.62. The molecular weight excluding hydrogens is 296 g/mol. The molecule has 0 saturated carbocycles. The van der Waals surface area contributed by atoms with E-state index >= 15 is 0 Å². The van der Waals surface area contributed by atoms with Gasteiger partial charge < -0.3 is 9.47 Å². The molecule has 0 radical (unpaired) electrons. The fourth-order valence-corrected chi connectivity index (χ4v) is 2.36. The fraction of sp³-hybridized carbons (Fsp3) is 0.231. The Kier molecular flexibility index (Phi) is 2.91. The lowest BCUT2D eigenvalue weighted by Gasteiger charge is -2.18. The van der Waals surface area contributed by atoms with Gasteiger partial charge >= 0.3 is 0 Å². The number of fused-ring (bicyclic) bond motifs is 1. The number of ether oxygens (including phenoxy) is 2. The summed E-state index contributed by atoms with van der Waals surface area (Å²) in [5.74, 6) is 2.29. The predicted octanol–water partition coefficient (Wildman–Crippen LogP) is 2.99. The number of benzene rings is 1. The molecule has 92 valence electrons. The highest BCUT2D eigenvalue weighted by atomic mass is 79.9. The summed E-state index contributed by atoms with van der Waals surface area (Å²) in [7, 11) is 0. The normalized spacial score (nSPS) is 13.4. The summed E-state index contributed by atoms with van der Waals surface area (Å²) < 4.78 is 11.8. The summed E-state index contributed by atoms with van der Waals surface area (Å²) in [6.45, 7) is 3.06. The second-order valence-corrected chi connectivity index (χ2v) is 4.79. The molecule has 1 aliphatic heterocycles. The quantitative estimate of drug-likeness (QED) is 0.760. The van der Waals surface area contributed by atoms with E-state index < -0.39 is 0 Å². The number of aryl methyl sites for hydroxylation is 1. The standard InChI is InChI=1S/C13H11BrN2O2/c1-8-15-10(7-13(14)16-8)9-2-3-11-12(6-9)18-5-4-17-11/h2-3,6-7H,4-5H2,1H3. The molecule has 3 rings (SSSR count). The Morgan fingerprint density at radius 1 is 1.06 bits per heavy atom. The number of hydrogen-bond donors (Lipinski definition) is 0. The van der Waals surface area contributed by atoms with Gasteiger partial charge in [0, 0.05) is 5.56 Å². The summed E-state index contributed by atoms with van der Waals surface area (Å²) in [6, 6.07) is 7.72. The minimum atomic E-state index is 0.586. The number of rotatable bonds is 1. The zero-order chi connectivity index (χ0) is 12.5. The van der Waals surface area contributed by atoms with Crippen LogP contribution >= 0.6 is 15.9 Å². The third-order valence-corrected chi connectivity index (χ3v) is 3.05. The van der Waals surface area contributed by atoms with Crippen LogP contribution in [0.25, 0.3) is 11.3 Å². The average Bonchev–Trinajstić information content (AvgIpc) is 2.37. The Bertz CT molecular complexity index is 581. The van der Waals surface area contributed by atoms with E-state index in [4.69, 9.17) is 9.47 Å². The Morgan fingerprint density at radius 2 is 1.83 bits per heavy atom. The first-order valence-corrected chi connectivity index (χ1v) is 6.43. The van der Waals surface area contributed by atoms with E-state index in [0.29, 0.717) is 13.2 Å². The molecule has 18 heavy (non-hydrogen) atoms. The van der Waals surface area contributed by atoms with Crippen LogP contribution in [0.3, 0.4) is 0 Å². The third kappa shape index (κ3) is 2.18. The summed E-state index contributed by atoms with van der Waals surface area (Å²) in [4.78, 5) is 8.61. The van der Waals surface area contributed by atoms with Gasteiger partial charge in [-0.1, -0.05) is 0 Å². The lowest BCUT2D eigenvalue weighted by molar-refractivity contribution is 0.171. The highest BCUT2D eigenvalue weighted by Gasteiger charge is 2.13. The van der Waals surface area contributed by atoms with E-state index in [2.05, 4.69) is 25.9 Å². The van der Waals surface area contributed by atoms with Gasteiger partial charge in [-0.15, -0.1) is 0 Å². The summed E-state index contributed by atoms with van der Waals surface area (Å²) >= 11 is 3.38. The van der Waals surface area contributed by atoms with Crippen molar-refractivity contribution < 1.29 is 9.47 Å². The maximum Gasteiger partial charge on any atom is 0.162 e. The average molecular weight is 307 g/mol. The largest absolute Gasteiger partial charge is 0.486 e. The zero-order valence-corrected chi connectivity index (χ0v) is 11.4. The first kappa shape index (κ1) is 11.5. The number of aromatic nitrogens is 2. The highest BCUT2D eigenvalue weighted by Crippen LogP contribution is 2.34. The number of hydrogen-bond acceptors (Lipinski definition) is 4. The first-order valence-electron chi connectivity index (χ1n) is 5.63. The van der Waals surface area contributed by atoms with Gasteiger partial charge in [0.05, 0.1) is 5.69 Å². The molecule has 2 heterocycles. The maximum atomic E-state index is 5.57. The van der Waals surface area contributed by atoms with Crippen molar-refractivity contribution in [3.8, 4) is 22.8 Å². The molecule has 1 aliphatic rings. The molecule has 0 N–H and O–H groups in total. The molecule has 1 aromatic heterocycles. The van der Waals surface area contributed by atoms with Crippen molar-refractivity contribution in [1.29, 1.82) is 0 Å². The van der Waals surface area contributed by atoms with Crippen molar-refractivity contribution in [2.45, 2.75) is 6.92 Å². The van der Waals surface area contributed by atoms with E-state index in [9.17, 15) is 0 Å². The van der Waals surface area contributed by atoms with Crippen LogP contribution in [0, 0.1) is 6.92 Å². The van der Waals surface area contributed by atoms with Crippen molar-refractivity contribution in [2.24, 2.45) is 0 Å². The molecule has 0 amide bonds. The second kappa shape index (κ2) is 4.57. The van der Waals surface area contributed by atoms with Crippen molar-refractivity contribution in [3.63, 3.8) is 0 Å². The van der Waals surface area contributed by atoms with E-state index in [1.807, 2.05) is 31.2 Å². The van der Waals surface area contributed by atoms with Crippen molar-refractivity contribution in [2.75, 3.05) is 13.2 Å². The lowest BCUT2D eigenvalue weighted by Crippen LogP contribution is -2.15. The summed E-state index contributed by atoms with van der Waals surface area (Å²) in [6.07, 6.45) is 0. The molecule has 0 bridgehead atoms. The molecule has 4 nitrogen and oxygen atoms in total. The zero-order valence-electron chi connectivity index (χ0n) is 9.81. The molecule has 0 fully saturated rings. The van der Waals surface area contributed by atoms with Crippen molar-refractivity contribution >= 4 is 15.9 Å². The van der Waals surface area contributed by atoms with Gasteiger partial charge in [0.2, 0.25) is 0 Å². The molecule has 2 aromatic rings. The van der Waals surface area contributed by atoms with E-state index in [-0.39, 0.29) is 0 Å². The van der Waals surface area contributed by atoms with Gasteiger partial charge in [-0.3, -0.25) is 0 Å². The topological polar surface area (TPSA) is 44.2 Å². The third-order valence-electron chi connectivity index (χ3n) is 2.64. The van der Waals surface area contributed by atoms with E-state index in [1.165, 1.54) is 0 Å². The second-order valence-electron chi connectivity index (χ2n) is 3.98. The van der Waals surface area contributed by atoms with Crippen molar-refractivity contribution in [3.05, 3.63) is 34.7 Å². The molecule has 0 saturated heterocycles. The molecule has 0 spiro atoms. The van der Waals surface area contributed by atoms with Crippen LogP contribution in [0.1, 0.15) is 5.82 Å². The molecular formula is C13H11BrN2O2. The van der Waals surface area contributed by atoms with Crippen LogP contribution < -0.4 is 9.47 Å². The van der Waals surface area contributed by atoms with Gasteiger partial charge in [0.25, 0.3) is 0 Å². The SMILES string of the molecule is Cc1nc(Br)cc(-c2ccc3c(c2)OCCO3)n1. The maximum absolute atomic E-state index is 5.57. The monoisotopic (exact) mass is 306 g/mol. The highest BCUT2D eigenvalue weighted by molar-refractivity contribution is 9.10. The minimum Gasteiger partial charge on any atom is -0.486 e. The van der Waals surface area contributed by atoms with Gasteiger partial charge in [-0.2, -0.15) is 0 Å². The van der Waals surface area contributed by atoms with Crippen LogP contribution in [0.2, 0.25) is 0 Å². The van der Waals surface area contributed by atoms with Crippen LogP contribution in [0.4, 0.5) is 0 Å². The van der Waals surface area contributed by atoms with Crippen molar-refractivity contribution in [1.82, 2.24) is 9.97 Å². The molecule has 5 heteroatoms.